The number of rotatable bonds is 2. The van der Waals surface area contributed by atoms with Gasteiger partial charge in [-0.25, -0.2) is 14.6 Å². The maximum atomic E-state index is 5.95. The molecule has 1 saturated carbocycles. The predicted molar refractivity (Wildman–Crippen MR) is 87.4 cm³/mol. The topological polar surface area (TPSA) is 72.9 Å². The Morgan fingerprint density at radius 2 is 1.95 bits per heavy atom. The highest BCUT2D eigenvalue weighted by Crippen LogP contribution is 2.33. The molecule has 0 aromatic carbocycles. The predicted octanol–water partition coefficient (Wildman–Crippen LogP) is 2.06. The maximum absolute atomic E-state index is 5.95. The molecule has 0 saturated heterocycles. The van der Waals surface area contributed by atoms with Crippen LogP contribution in [0.1, 0.15) is 31.7 Å². The SMILES string of the molecule is CN(C)[C@H]1CC[C@H](n2nc(I)c3c(N)ncnc32)CC1. The molecule has 0 atom stereocenters. The fraction of sp³-hybridized carbons (Fsp3) is 0.615. The average molecular weight is 386 g/mol. The van der Waals surface area contributed by atoms with Gasteiger partial charge in [-0.3, -0.25) is 0 Å². The highest BCUT2D eigenvalue weighted by atomic mass is 127. The Morgan fingerprint density at radius 1 is 1.25 bits per heavy atom. The van der Waals surface area contributed by atoms with Gasteiger partial charge in [0.2, 0.25) is 0 Å². The summed E-state index contributed by atoms with van der Waals surface area (Å²) in [6.45, 7) is 0. The zero-order valence-corrected chi connectivity index (χ0v) is 13.9. The standard InChI is InChI=1S/C13H19IN6/c1-19(2)8-3-5-9(6-4-8)20-13-10(11(14)18-20)12(15)16-7-17-13/h7-9H,3-6H2,1-2H3,(H2,15,16,17)/t8-,9-. The van der Waals surface area contributed by atoms with E-state index in [0.29, 0.717) is 17.9 Å². The van der Waals surface area contributed by atoms with Crippen LogP contribution in [0.3, 0.4) is 0 Å². The van der Waals surface area contributed by atoms with Crippen LogP contribution in [-0.2, 0) is 0 Å². The summed E-state index contributed by atoms with van der Waals surface area (Å²) in [6.07, 6.45) is 6.21. The minimum Gasteiger partial charge on any atom is -0.383 e. The monoisotopic (exact) mass is 386 g/mol. The number of hydrogen-bond donors (Lipinski definition) is 1. The van der Waals surface area contributed by atoms with E-state index in [4.69, 9.17) is 5.73 Å². The summed E-state index contributed by atoms with van der Waals surface area (Å²) < 4.78 is 2.95. The van der Waals surface area contributed by atoms with Crippen LogP contribution in [0.4, 0.5) is 5.82 Å². The number of halogens is 1. The number of fused-ring (bicyclic) bond motifs is 1. The van der Waals surface area contributed by atoms with Gasteiger partial charge in [-0.05, 0) is 62.4 Å². The van der Waals surface area contributed by atoms with Crippen molar-refractivity contribution in [2.24, 2.45) is 0 Å². The number of aromatic nitrogens is 4. The number of nitrogen functional groups attached to an aromatic ring is 1. The van der Waals surface area contributed by atoms with Crippen LogP contribution in [0.2, 0.25) is 0 Å². The van der Waals surface area contributed by atoms with Crippen LogP contribution in [0, 0.1) is 3.70 Å². The first-order chi connectivity index (χ1) is 9.58. The lowest BCUT2D eigenvalue weighted by molar-refractivity contribution is 0.191. The molecule has 108 valence electrons. The molecular formula is C13H19IN6. The van der Waals surface area contributed by atoms with Gasteiger partial charge in [-0.15, -0.1) is 0 Å². The number of hydrogen-bond acceptors (Lipinski definition) is 5. The molecule has 2 aromatic heterocycles. The molecule has 0 spiro atoms. The lowest BCUT2D eigenvalue weighted by Crippen LogP contribution is -2.33. The number of nitrogens with two attached hydrogens (primary N) is 1. The van der Waals surface area contributed by atoms with Gasteiger partial charge in [0.1, 0.15) is 15.8 Å². The minimum absolute atomic E-state index is 0.423. The highest BCUT2D eigenvalue weighted by molar-refractivity contribution is 14.1. The quantitative estimate of drug-likeness (QED) is 0.800. The van der Waals surface area contributed by atoms with E-state index in [0.717, 1.165) is 27.6 Å². The van der Waals surface area contributed by atoms with Crippen LogP contribution >= 0.6 is 22.6 Å². The van der Waals surface area contributed by atoms with E-state index in [2.05, 4.69) is 61.3 Å². The van der Waals surface area contributed by atoms with Crippen molar-refractivity contribution in [2.45, 2.75) is 37.8 Å². The van der Waals surface area contributed by atoms with Crippen LogP contribution in [0.15, 0.2) is 6.33 Å². The number of anilines is 1. The van der Waals surface area contributed by atoms with Crippen molar-refractivity contribution in [1.82, 2.24) is 24.6 Å². The summed E-state index contributed by atoms with van der Waals surface area (Å²) in [5.74, 6) is 0.521. The van der Waals surface area contributed by atoms with Crippen molar-refractivity contribution < 1.29 is 0 Å². The van der Waals surface area contributed by atoms with Crippen molar-refractivity contribution >= 4 is 39.4 Å². The Kier molecular flexibility index (Phi) is 3.80. The summed E-state index contributed by atoms with van der Waals surface area (Å²) in [4.78, 5) is 10.8. The first-order valence-corrected chi connectivity index (χ1v) is 7.96. The molecule has 0 unspecified atom stereocenters. The third-order valence-electron chi connectivity index (χ3n) is 4.22. The summed E-state index contributed by atoms with van der Waals surface area (Å²) in [7, 11) is 4.32. The van der Waals surface area contributed by atoms with Gasteiger partial charge in [0.05, 0.1) is 11.4 Å². The Bertz CT molecular complexity index is 615. The summed E-state index contributed by atoms with van der Waals surface area (Å²) >= 11 is 2.22. The van der Waals surface area contributed by atoms with E-state index in [1.807, 2.05) is 0 Å². The summed E-state index contributed by atoms with van der Waals surface area (Å²) in [5, 5.41) is 5.54. The molecule has 6 nitrogen and oxygen atoms in total. The van der Waals surface area contributed by atoms with Crippen molar-refractivity contribution in [3.8, 4) is 0 Å². The van der Waals surface area contributed by atoms with Crippen molar-refractivity contribution in [3.05, 3.63) is 10.0 Å². The van der Waals surface area contributed by atoms with Crippen molar-refractivity contribution in [3.63, 3.8) is 0 Å². The van der Waals surface area contributed by atoms with E-state index in [1.54, 1.807) is 0 Å². The zero-order chi connectivity index (χ0) is 14.3. The molecular weight excluding hydrogens is 367 g/mol. The van der Waals surface area contributed by atoms with Gasteiger partial charge >= 0.3 is 0 Å². The molecule has 2 aromatic rings. The summed E-state index contributed by atoms with van der Waals surface area (Å²) in [6, 6.07) is 1.11. The molecule has 2 N–H and O–H groups in total. The van der Waals surface area contributed by atoms with Gasteiger partial charge < -0.3 is 10.6 Å². The molecule has 0 aliphatic heterocycles. The second-order valence-electron chi connectivity index (χ2n) is 5.62. The molecule has 20 heavy (non-hydrogen) atoms. The third-order valence-corrected chi connectivity index (χ3v) is 4.97. The smallest absolute Gasteiger partial charge is 0.164 e. The Hall–Kier alpha value is -0.960. The van der Waals surface area contributed by atoms with Gasteiger partial charge in [-0.1, -0.05) is 0 Å². The van der Waals surface area contributed by atoms with Crippen LogP contribution < -0.4 is 5.73 Å². The van der Waals surface area contributed by atoms with Crippen LogP contribution in [-0.4, -0.2) is 44.8 Å². The van der Waals surface area contributed by atoms with E-state index >= 15 is 0 Å². The second kappa shape index (κ2) is 5.44. The van der Waals surface area contributed by atoms with Crippen LogP contribution in [0.25, 0.3) is 11.0 Å². The van der Waals surface area contributed by atoms with Gasteiger partial charge in [0.25, 0.3) is 0 Å². The van der Waals surface area contributed by atoms with Crippen molar-refractivity contribution in [1.29, 1.82) is 0 Å². The Morgan fingerprint density at radius 3 is 2.60 bits per heavy atom. The molecule has 1 aliphatic rings. The molecule has 0 bridgehead atoms. The molecule has 1 fully saturated rings. The molecule has 1 aliphatic carbocycles. The summed E-state index contributed by atoms with van der Waals surface area (Å²) in [5.41, 5.74) is 6.82. The van der Waals surface area contributed by atoms with E-state index in [9.17, 15) is 0 Å². The fourth-order valence-corrected chi connectivity index (χ4v) is 3.78. The maximum Gasteiger partial charge on any atom is 0.164 e. The van der Waals surface area contributed by atoms with E-state index in [1.165, 1.54) is 19.2 Å². The van der Waals surface area contributed by atoms with Crippen LogP contribution in [0.5, 0.6) is 0 Å². The first-order valence-electron chi connectivity index (χ1n) is 6.88. The molecule has 0 amide bonds. The fourth-order valence-electron chi connectivity index (χ4n) is 3.03. The lowest BCUT2D eigenvalue weighted by Gasteiger charge is -2.32. The lowest BCUT2D eigenvalue weighted by atomic mass is 9.90. The molecule has 2 heterocycles. The highest BCUT2D eigenvalue weighted by Gasteiger charge is 2.26. The minimum atomic E-state index is 0.423. The zero-order valence-electron chi connectivity index (χ0n) is 11.8. The van der Waals surface area contributed by atoms with Gasteiger partial charge in [0.15, 0.2) is 5.65 Å². The Labute approximate surface area is 131 Å². The van der Waals surface area contributed by atoms with Crippen molar-refractivity contribution in [2.75, 3.05) is 19.8 Å². The molecule has 7 heteroatoms. The Balaban J connectivity index is 1.91. The van der Waals surface area contributed by atoms with E-state index in [-0.39, 0.29) is 0 Å². The number of nitrogens with zero attached hydrogens (tertiary/aromatic N) is 5. The average Bonchev–Trinajstić information content (AvgIpc) is 2.77. The first kappa shape index (κ1) is 14.0. The molecule has 0 radical (unpaired) electrons. The normalized spacial score (nSPS) is 23.6. The van der Waals surface area contributed by atoms with Gasteiger partial charge in [-0.2, -0.15) is 5.10 Å². The van der Waals surface area contributed by atoms with Gasteiger partial charge in [0, 0.05) is 6.04 Å². The largest absolute Gasteiger partial charge is 0.383 e. The second-order valence-corrected chi connectivity index (χ2v) is 6.64. The van der Waals surface area contributed by atoms with E-state index < -0.39 is 0 Å². The third kappa shape index (κ3) is 2.37. The molecule has 3 rings (SSSR count).